The molecule has 0 aliphatic heterocycles. The monoisotopic (exact) mass is 427 g/mol. The zero-order valence-electron chi connectivity index (χ0n) is 17.7. The van der Waals surface area contributed by atoms with E-state index in [1.54, 1.807) is 43.3 Å². The standard InChI is InChI=1S/C23H29N3O3S/c1-4-5-6-15-29-20-13-9-18(10-14-20)22(28)25-23(30)24-19-11-7-17(8-12-19)16-21(27)26(2)3/h7-14H,4-6,15-16H2,1-3H3,(H2,24,25,28,30). The van der Waals surface area contributed by atoms with Crippen molar-refractivity contribution < 1.29 is 14.3 Å². The van der Waals surface area contributed by atoms with E-state index in [2.05, 4.69) is 17.6 Å². The van der Waals surface area contributed by atoms with Gasteiger partial charge in [-0.15, -0.1) is 0 Å². The van der Waals surface area contributed by atoms with Crippen LogP contribution in [0.5, 0.6) is 5.75 Å². The highest BCUT2D eigenvalue weighted by Gasteiger charge is 2.09. The topological polar surface area (TPSA) is 70.7 Å². The van der Waals surface area contributed by atoms with E-state index in [9.17, 15) is 9.59 Å². The van der Waals surface area contributed by atoms with E-state index >= 15 is 0 Å². The molecule has 30 heavy (non-hydrogen) atoms. The molecule has 0 bridgehead atoms. The molecule has 2 aromatic carbocycles. The number of benzene rings is 2. The third-order valence-corrected chi connectivity index (χ3v) is 4.63. The number of carbonyl (C=O) groups excluding carboxylic acids is 2. The number of unbranched alkanes of at least 4 members (excludes halogenated alkanes) is 2. The summed E-state index contributed by atoms with van der Waals surface area (Å²) in [4.78, 5) is 25.7. The van der Waals surface area contributed by atoms with Gasteiger partial charge in [0.2, 0.25) is 5.91 Å². The molecule has 7 heteroatoms. The Kier molecular flexibility index (Phi) is 9.28. The molecule has 2 N–H and O–H groups in total. The maximum atomic E-state index is 12.4. The van der Waals surface area contributed by atoms with Gasteiger partial charge in [-0.05, 0) is 60.6 Å². The number of nitrogens with one attached hydrogen (secondary N) is 2. The van der Waals surface area contributed by atoms with Crippen molar-refractivity contribution in [2.45, 2.75) is 32.6 Å². The Hall–Kier alpha value is -2.93. The van der Waals surface area contributed by atoms with Gasteiger partial charge in [0, 0.05) is 25.3 Å². The predicted octanol–water partition coefficient (Wildman–Crippen LogP) is 4.01. The Labute approximate surface area is 183 Å². The van der Waals surface area contributed by atoms with Crippen molar-refractivity contribution in [3.05, 3.63) is 59.7 Å². The molecule has 6 nitrogen and oxygen atoms in total. The van der Waals surface area contributed by atoms with Crippen molar-refractivity contribution in [3.63, 3.8) is 0 Å². The number of rotatable bonds is 9. The minimum atomic E-state index is -0.293. The second-order valence-electron chi connectivity index (χ2n) is 7.15. The van der Waals surface area contributed by atoms with Crippen LogP contribution in [0.2, 0.25) is 0 Å². The van der Waals surface area contributed by atoms with Gasteiger partial charge in [-0.3, -0.25) is 14.9 Å². The first-order valence-corrected chi connectivity index (χ1v) is 10.4. The summed E-state index contributed by atoms with van der Waals surface area (Å²) in [6.07, 6.45) is 3.65. The number of carbonyl (C=O) groups is 2. The minimum Gasteiger partial charge on any atom is -0.494 e. The number of hydrogen-bond donors (Lipinski definition) is 2. The van der Waals surface area contributed by atoms with Crippen LogP contribution in [0, 0.1) is 0 Å². The fourth-order valence-corrected chi connectivity index (χ4v) is 2.83. The molecule has 0 saturated carbocycles. The summed E-state index contributed by atoms with van der Waals surface area (Å²) in [5.74, 6) is 0.491. The number of thiocarbonyl (C=S) groups is 1. The SMILES string of the molecule is CCCCCOc1ccc(C(=O)NC(=S)Nc2ccc(CC(=O)N(C)C)cc2)cc1. The Morgan fingerprint density at radius 3 is 2.27 bits per heavy atom. The summed E-state index contributed by atoms with van der Waals surface area (Å²) in [5.41, 5.74) is 2.14. The molecule has 0 heterocycles. The molecule has 0 aliphatic carbocycles. The lowest BCUT2D eigenvalue weighted by molar-refractivity contribution is -0.127. The first kappa shape index (κ1) is 23.3. The summed E-state index contributed by atoms with van der Waals surface area (Å²) in [7, 11) is 3.46. The molecule has 2 rings (SSSR count). The van der Waals surface area contributed by atoms with Crippen LogP contribution in [0.4, 0.5) is 5.69 Å². The molecular formula is C23H29N3O3S. The van der Waals surface area contributed by atoms with E-state index < -0.39 is 0 Å². The number of ether oxygens (including phenoxy) is 1. The number of anilines is 1. The lowest BCUT2D eigenvalue weighted by Crippen LogP contribution is -2.34. The van der Waals surface area contributed by atoms with Crippen molar-refractivity contribution in [2.75, 3.05) is 26.0 Å². The quantitative estimate of drug-likeness (QED) is 0.467. The van der Waals surface area contributed by atoms with Crippen LogP contribution in [0.3, 0.4) is 0 Å². The van der Waals surface area contributed by atoms with Crippen molar-refractivity contribution in [1.82, 2.24) is 10.2 Å². The number of nitrogens with zero attached hydrogens (tertiary/aromatic N) is 1. The van der Waals surface area contributed by atoms with Crippen molar-refractivity contribution >= 4 is 34.8 Å². The van der Waals surface area contributed by atoms with Gasteiger partial charge < -0.3 is 15.0 Å². The molecule has 160 valence electrons. The van der Waals surface area contributed by atoms with Gasteiger partial charge in [0.05, 0.1) is 13.0 Å². The largest absolute Gasteiger partial charge is 0.494 e. The number of amides is 2. The van der Waals surface area contributed by atoms with E-state index in [-0.39, 0.29) is 16.9 Å². The van der Waals surface area contributed by atoms with E-state index in [1.165, 1.54) is 0 Å². The normalized spacial score (nSPS) is 10.2. The van der Waals surface area contributed by atoms with E-state index in [4.69, 9.17) is 17.0 Å². The fourth-order valence-electron chi connectivity index (χ4n) is 2.62. The van der Waals surface area contributed by atoms with Crippen LogP contribution < -0.4 is 15.4 Å². The zero-order chi connectivity index (χ0) is 21.9. The van der Waals surface area contributed by atoms with E-state index in [0.717, 1.165) is 36.3 Å². The summed E-state index contributed by atoms with van der Waals surface area (Å²) >= 11 is 5.23. The third kappa shape index (κ3) is 7.83. The highest BCUT2D eigenvalue weighted by Crippen LogP contribution is 2.14. The molecule has 0 fully saturated rings. The van der Waals surface area contributed by atoms with E-state index in [0.29, 0.717) is 18.6 Å². The van der Waals surface area contributed by atoms with Crippen LogP contribution in [0.15, 0.2) is 48.5 Å². The van der Waals surface area contributed by atoms with Gasteiger partial charge in [0.15, 0.2) is 5.11 Å². The first-order valence-electron chi connectivity index (χ1n) is 10.0. The van der Waals surface area contributed by atoms with Crippen LogP contribution in [0.25, 0.3) is 0 Å². The van der Waals surface area contributed by atoms with Crippen molar-refractivity contribution in [3.8, 4) is 5.75 Å². The molecule has 2 aromatic rings. The van der Waals surface area contributed by atoms with Crippen LogP contribution in [0.1, 0.15) is 42.1 Å². The molecule has 0 radical (unpaired) electrons. The van der Waals surface area contributed by atoms with Crippen LogP contribution in [-0.4, -0.2) is 42.5 Å². The van der Waals surface area contributed by atoms with Crippen molar-refractivity contribution in [1.29, 1.82) is 0 Å². The van der Waals surface area contributed by atoms with Gasteiger partial charge in [0.25, 0.3) is 5.91 Å². The molecular weight excluding hydrogens is 398 g/mol. The number of likely N-dealkylation sites (N-methyl/N-ethyl adjacent to an activating group) is 1. The maximum absolute atomic E-state index is 12.4. The Morgan fingerprint density at radius 2 is 1.67 bits per heavy atom. The second kappa shape index (κ2) is 11.9. The zero-order valence-corrected chi connectivity index (χ0v) is 18.6. The van der Waals surface area contributed by atoms with Crippen LogP contribution in [-0.2, 0) is 11.2 Å². The number of hydrogen-bond acceptors (Lipinski definition) is 4. The average Bonchev–Trinajstić information content (AvgIpc) is 2.73. The smallest absolute Gasteiger partial charge is 0.257 e. The molecule has 0 aromatic heterocycles. The summed E-state index contributed by atoms with van der Waals surface area (Å²) in [6.45, 7) is 2.83. The Morgan fingerprint density at radius 1 is 1.00 bits per heavy atom. The third-order valence-electron chi connectivity index (χ3n) is 4.43. The average molecular weight is 428 g/mol. The van der Waals surface area contributed by atoms with Gasteiger partial charge in [-0.25, -0.2) is 0 Å². The molecule has 0 unspecified atom stereocenters. The molecule has 2 amide bonds. The molecule has 0 atom stereocenters. The minimum absolute atomic E-state index is 0.0378. The van der Waals surface area contributed by atoms with Gasteiger partial charge in [-0.2, -0.15) is 0 Å². The highest BCUT2D eigenvalue weighted by atomic mass is 32.1. The van der Waals surface area contributed by atoms with Crippen molar-refractivity contribution in [2.24, 2.45) is 0 Å². The van der Waals surface area contributed by atoms with Gasteiger partial charge >= 0.3 is 0 Å². The maximum Gasteiger partial charge on any atom is 0.257 e. The van der Waals surface area contributed by atoms with Gasteiger partial charge in [-0.1, -0.05) is 31.9 Å². The Balaban J connectivity index is 1.82. The summed E-state index contributed by atoms with van der Waals surface area (Å²) < 4.78 is 5.66. The lowest BCUT2D eigenvalue weighted by Gasteiger charge is -2.12. The first-order chi connectivity index (χ1) is 14.4. The fraction of sp³-hybridized carbons (Fsp3) is 0.348. The Bertz CT molecular complexity index is 849. The van der Waals surface area contributed by atoms with Gasteiger partial charge in [0.1, 0.15) is 5.75 Å². The molecule has 0 saturated heterocycles. The van der Waals surface area contributed by atoms with E-state index in [1.807, 2.05) is 24.3 Å². The molecule has 0 aliphatic rings. The summed E-state index contributed by atoms with van der Waals surface area (Å²) in [6, 6.07) is 14.3. The summed E-state index contributed by atoms with van der Waals surface area (Å²) in [5, 5.41) is 5.85. The predicted molar refractivity (Wildman–Crippen MR) is 124 cm³/mol. The molecule has 0 spiro atoms. The highest BCUT2D eigenvalue weighted by molar-refractivity contribution is 7.80. The van der Waals surface area contributed by atoms with Crippen LogP contribution >= 0.6 is 12.2 Å². The lowest BCUT2D eigenvalue weighted by atomic mass is 10.1. The second-order valence-corrected chi connectivity index (χ2v) is 7.56.